The molecular formula is H3LiMgNbYZn. The second-order valence-corrected chi connectivity index (χ2v) is 0. The largest absolute Gasteiger partial charge is 2.00 e. The van der Waals surface area contributed by atoms with E-state index in [0.717, 1.165) is 0 Å². The van der Waals surface area contributed by atoms with Gasteiger partial charge in [-0.1, -0.05) is 0 Å². The summed E-state index contributed by atoms with van der Waals surface area (Å²) in [6.07, 6.45) is 0. The number of hydrogen-bond acceptors (Lipinski definition) is 0. The molecule has 0 spiro atoms. The summed E-state index contributed by atoms with van der Waals surface area (Å²) < 4.78 is 0. The molecular weight excluding hydrogens is 278 g/mol. The fraction of sp³-hybridized carbons (Fsp3) is 0. The molecule has 0 unspecified atom stereocenters. The second-order valence-electron chi connectivity index (χ2n) is 0. The third-order valence-corrected chi connectivity index (χ3v) is 0. The molecule has 0 saturated carbocycles. The van der Waals surface area contributed by atoms with E-state index in [9.17, 15) is 0 Å². The number of hydrogen-bond donors (Lipinski definition) is 0. The predicted molar refractivity (Wildman–Crippen MR) is 9.09 cm³/mol. The minimum atomic E-state index is 0. The Morgan fingerprint density at radius 3 is 1.20 bits per heavy atom. The zero-order valence-electron chi connectivity index (χ0n) is 6.44. The molecule has 0 aromatic carbocycles. The smallest absolute Gasteiger partial charge is 1.00 e. The maximum Gasteiger partial charge on any atom is 2.00 e. The zero-order chi connectivity index (χ0) is 0. The van der Waals surface area contributed by atoms with E-state index in [1.807, 2.05) is 0 Å². The average molecular weight is 281 g/mol. The van der Waals surface area contributed by atoms with Crippen LogP contribution in [-0.2, 0) is 74.6 Å². The monoisotopic (exact) mass is 280 g/mol. The SMILES string of the molecule is [H-].[H-].[H-].[Li+].[Mg+2].[Nb].[Y].[Zn]. The Hall–Kier alpha value is 3.83. The molecule has 0 aromatic heterocycles. The van der Waals surface area contributed by atoms with Crippen molar-refractivity contribution < 1.29 is 97.7 Å². The van der Waals surface area contributed by atoms with E-state index in [1.54, 1.807) is 0 Å². The van der Waals surface area contributed by atoms with Gasteiger partial charge in [0.15, 0.2) is 0 Å². The fourth-order valence-electron chi connectivity index (χ4n) is 0. The summed E-state index contributed by atoms with van der Waals surface area (Å²) in [7, 11) is 0. The molecule has 5 heteroatoms. The van der Waals surface area contributed by atoms with E-state index >= 15 is 0 Å². The van der Waals surface area contributed by atoms with E-state index in [1.165, 1.54) is 0 Å². The Morgan fingerprint density at radius 1 is 1.20 bits per heavy atom. The Bertz CT molecular complexity index is 19.2. The van der Waals surface area contributed by atoms with Crippen LogP contribution in [0.25, 0.3) is 0 Å². The third-order valence-electron chi connectivity index (χ3n) is 0. The molecule has 5 heavy (non-hydrogen) atoms. The van der Waals surface area contributed by atoms with Gasteiger partial charge in [0, 0.05) is 74.6 Å². The van der Waals surface area contributed by atoms with Crippen LogP contribution in [0.3, 0.4) is 0 Å². The minimum Gasteiger partial charge on any atom is -1.00 e. The van der Waals surface area contributed by atoms with Crippen LogP contribution in [0.4, 0.5) is 0 Å². The summed E-state index contributed by atoms with van der Waals surface area (Å²) in [5.41, 5.74) is 0. The Morgan fingerprint density at radius 2 is 1.20 bits per heavy atom. The summed E-state index contributed by atoms with van der Waals surface area (Å²) in [5, 5.41) is 0. The molecule has 0 bridgehead atoms. The summed E-state index contributed by atoms with van der Waals surface area (Å²) in [5.74, 6) is 0. The van der Waals surface area contributed by atoms with Crippen molar-refractivity contribution in [1.82, 2.24) is 0 Å². The van der Waals surface area contributed by atoms with Gasteiger partial charge in [0.05, 0.1) is 0 Å². The van der Waals surface area contributed by atoms with E-state index < -0.39 is 0 Å². The molecule has 0 aliphatic carbocycles. The Labute approximate surface area is 118 Å². The maximum absolute atomic E-state index is 0. The normalized spacial score (nSPS) is 0. The van der Waals surface area contributed by atoms with Crippen LogP contribution in [0.15, 0.2) is 0 Å². The van der Waals surface area contributed by atoms with Gasteiger partial charge in [-0.15, -0.1) is 0 Å². The molecule has 2 radical (unpaired) electrons. The molecule has 0 aliphatic rings. The van der Waals surface area contributed by atoms with Crippen LogP contribution in [0.2, 0.25) is 0 Å². The van der Waals surface area contributed by atoms with Gasteiger partial charge in [0.25, 0.3) is 0 Å². The first kappa shape index (κ1) is 36.9. The average Bonchev–Trinajstić information content (AvgIpc) is 0. The van der Waals surface area contributed by atoms with Gasteiger partial charge in [0.1, 0.15) is 0 Å². The van der Waals surface area contributed by atoms with Gasteiger partial charge in [0.2, 0.25) is 0 Å². The molecule has 0 aromatic rings. The molecule has 16 valence electrons. The van der Waals surface area contributed by atoms with Crippen LogP contribution in [0.1, 0.15) is 4.28 Å². The predicted octanol–water partition coefficient (Wildman–Crippen LogP) is -3.05. The molecule has 0 fully saturated rings. The molecule has 0 amide bonds. The van der Waals surface area contributed by atoms with Crippen LogP contribution in [0.5, 0.6) is 0 Å². The van der Waals surface area contributed by atoms with Crippen LogP contribution >= 0.6 is 0 Å². The standard InChI is InChI=1S/Li.Mg.Nb.Y.Zn.3H/q+1;+2;;;;3*-1. The van der Waals surface area contributed by atoms with Crippen molar-refractivity contribution in [3.8, 4) is 0 Å². The van der Waals surface area contributed by atoms with Crippen LogP contribution in [0, 0.1) is 0 Å². The second kappa shape index (κ2) is 24.9. The summed E-state index contributed by atoms with van der Waals surface area (Å²) in [4.78, 5) is 0. The third kappa shape index (κ3) is 18.1. The first-order valence-electron chi connectivity index (χ1n) is 0. The van der Waals surface area contributed by atoms with Crippen LogP contribution < -0.4 is 18.9 Å². The Balaban J connectivity index is 0. The van der Waals surface area contributed by atoms with Gasteiger partial charge < -0.3 is 4.28 Å². The minimum absolute atomic E-state index is 0. The van der Waals surface area contributed by atoms with Gasteiger partial charge in [-0.2, -0.15) is 0 Å². The Kier molecular flexibility index (Phi) is 184. The molecule has 0 saturated heterocycles. The van der Waals surface area contributed by atoms with Crippen molar-refractivity contribution in [2.45, 2.75) is 0 Å². The van der Waals surface area contributed by atoms with Crippen molar-refractivity contribution in [1.29, 1.82) is 0 Å². The van der Waals surface area contributed by atoms with Crippen LogP contribution in [-0.4, -0.2) is 23.1 Å². The topological polar surface area (TPSA) is 0 Å². The van der Waals surface area contributed by atoms with Crippen molar-refractivity contribution in [2.24, 2.45) is 0 Å². The zero-order valence-corrected chi connectivity index (χ0v) is 12.9. The van der Waals surface area contributed by atoms with Gasteiger partial charge in [-0.25, -0.2) is 0 Å². The maximum atomic E-state index is 0. The van der Waals surface area contributed by atoms with E-state index in [0.29, 0.717) is 0 Å². The molecule has 0 heterocycles. The summed E-state index contributed by atoms with van der Waals surface area (Å²) in [6.45, 7) is 0. The van der Waals surface area contributed by atoms with Crippen molar-refractivity contribution >= 4 is 23.1 Å². The van der Waals surface area contributed by atoms with E-state index in [-0.39, 0.29) is 121 Å². The van der Waals surface area contributed by atoms with E-state index in [4.69, 9.17) is 0 Å². The fourth-order valence-corrected chi connectivity index (χ4v) is 0. The molecule has 0 nitrogen and oxygen atoms in total. The van der Waals surface area contributed by atoms with E-state index in [2.05, 4.69) is 0 Å². The van der Waals surface area contributed by atoms with Gasteiger partial charge in [-0.3, -0.25) is 0 Å². The summed E-state index contributed by atoms with van der Waals surface area (Å²) >= 11 is 0. The van der Waals surface area contributed by atoms with Crippen molar-refractivity contribution in [2.75, 3.05) is 0 Å². The first-order chi connectivity index (χ1) is 0. The van der Waals surface area contributed by atoms with Crippen molar-refractivity contribution in [3.63, 3.8) is 0 Å². The molecule has 0 rings (SSSR count). The number of rotatable bonds is 0. The van der Waals surface area contributed by atoms with Gasteiger partial charge >= 0.3 is 41.9 Å². The molecule has 0 N–H and O–H groups in total. The molecule has 0 aliphatic heterocycles. The van der Waals surface area contributed by atoms with Gasteiger partial charge in [-0.05, 0) is 0 Å². The quantitative estimate of drug-likeness (QED) is 0.414. The summed E-state index contributed by atoms with van der Waals surface area (Å²) in [6, 6.07) is 0. The molecule has 0 atom stereocenters. The first-order valence-corrected chi connectivity index (χ1v) is 0. The van der Waals surface area contributed by atoms with Crippen molar-refractivity contribution in [3.05, 3.63) is 0 Å².